The van der Waals surface area contributed by atoms with E-state index in [9.17, 15) is 26.4 Å². The van der Waals surface area contributed by atoms with Crippen LogP contribution in [0.5, 0.6) is 5.75 Å². The van der Waals surface area contributed by atoms with Crippen LogP contribution in [0.1, 0.15) is 17.9 Å². The smallest absolute Gasteiger partial charge is 0.471 e. The summed E-state index contributed by atoms with van der Waals surface area (Å²) >= 11 is 0. The van der Waals surface area contributed by atoms with E-state index in [1.807, 2.05) is 0 Å². The Balaban J connectivity index is 1.42. The number of nitrogens with zero attached hydrogens (tertiary/aromatic N) is 3. The van der Waals surface area contributed by atoms with Gasteiger partial charge in [-0.15, -0.1) is 0 Å². The summed E-state index contributed by atoms with van der Waals surface area (Å²) in [6.07, 6.45) is -4.33. The van der Waals surface area contributed by atoms with E-state index in [0.29, 0.717) is 12.3 Å². The second-order valence-electron chi connectivity index (χ2n) is 7.77. The molecule has 0 saturated carbocycles. The molecule has 1 amide bonds. The summed E-state index contributed by atoms with van der Waals surface area (Å²) in [6.45, 7) is 0.388. The molecule has 1 aromatic heterocycles. The molecule has 34 heavy (non-hydrogen) atoms. The van der Waals surface area contributed by atoms with E-state index in [0.717, 1.165) is 5.56 Å². The summed E-state index contributed by atoms with van der Waals surface area (Å²) in [5.41, 5.74) is 0.976. The molecule has 0 radical (unpaired) electrons. The lowest BCUT2D eigenvalue weighted by molar-refractivity contribution is -0.159. The zero-order valence-electron chi connectivity index (χ0n) is 17.9. The van der Waals surface area contributed by atoms with Crippen LogP contribution in [0.2, 0.25) is 0 Å². The van der Waals surface area contributed by atoms with E-state index in [1.54, 1.807) is 31.4 Å². The van der Waals surface area contributed by atoms with Gasteiger partial charge in [-0.05, 0) is 48.4 Å². The molecule has 0 N–H and O–H groups in total. The summed E-state index contributed by atoms with van der Waals surface area (Å²) in [7, 11) is -2.21. The lowest BCUT2D eigenvalue weighted by atomic mass is 10.1. The van der Waals surface area contributed by atoms with E-state index in [-0.39, 0.29) is 41.6 Å². The number of hydrogen-bond donors (Lipinski definition) is 0. The molecule has 12 heteroatoms. The highest BCUT2D eigenvalue weighted by molar-refractivity contribution is 7.92. The van der Waals surface area contributed by atoms with Gasteiger partial charge < -0.3 is 14.2 Å². The van der Waals surface area contributed by atoms with Crippen LogP contribution in [0.15, 0.2) is 57.9 Å². The van der Waals surface area contributed by atoms with Crippen LogP contribution in [-0.4, -0.2) is 54.8 Å². The number of amides is 1. The third-order valence-corrected chi connectivity index (χ3v) is 7.75. The van der Waals surface area contributed by atoms with Crippen LogP contribution in [0, 0.1) is 0 Å². The number of halogens is 3. The Morgan fingerprint density at radius 1 is 1.15 bits per heavy atom. The van der Waals surface area contributed by atoms with E-state index in [2.05, 4.69) is 14.7 Å². The maximum Gasteiger partial charge on any atom is 0.471 e. The zero-order valence-corrected chi connectivity index (χ0v) is 18.8. The van der Waals surface area contributed by atoms with Crippen LogP contribution in [-0.2, 0) is 27.2 Å². The van der Waals surface area contributed by atoms with Gasteiger partial charge in [0.25, 0.3) is 0 Å². The SMILES string of the molecule is COc1ccc(CC(=O)N2CC[C@@H](S(=O)(=O)c3ccc(-c4noc(C(F)(F)F)n4)cc3)C2)cc1. The monoisotopic (exact) mass is 495 g/mol. The normalized spacial score (nSPS) is 16.6. The first-order valence-corrected chi connectivity index (χ1v) is 11.8. The molecule has 2 heterocycles. The predicted octanol–water partition coefficient (Wildman–Crippen LogP) is 3.38. The summed E-state index contributed by atoms with van der Waals surface area (Å²) in [5, 5.41) is 2.51. The Morgan fingerprint density at radius 3 is 2.41 bits per heavy atom. The van der Waals surface area contributed by atoms with E-state index in [1.165, 1.54) is 29.2 Å². The van der Waals surface area contributed by atoms with Crippen LogP contribution >= 0.6 is 0 Å². The molecule has 1 fully saturated rings. The Bertz CT molecular complexity index is 1270. The fourth-order valence-corrected chi connectivity index (χ4v) is 5.37. The number of hydrogen-bond acceptors (Lipinski definition) is 7. The maximum atomic E-state index is 13.1. The first-order chi connectivity index (χ1) is 16.1. The van der Waals surface area contributed by atoms with Gasteiger partial charge in [0.05, 0.1) is 23.7 Å². The summed E-state index contributed by atoms with van der Waals surface area (Å²) < 4.78 is 73.4. The molecule has 0 bridgehead atoms. The average Bonchev–Trinajstić information content (AvgIpc) is 3.50. The number of ether oxygens (including phenoxy) is 1. The number of rotatable bonds is 6. The van der Waals surface area contributed by atoms with Gasteiger partial charge in [-0.3, -0.25) is 4.79 Å². The van der Waals surface area contributed by atoms with Crippen molar-refractivity contribution in [3.8, 4) is 17.1 Å². The lowest BCUT2D eigenvalue weighted by Gasteiger charge is -2.17. The van der Waals surface area contributed by atoms with Crippen LogP contribution < -0.4 is 4.74 Å². The van der Waals surface area contributed by atoms with E-state index < -0.39 is 27.2 Å². The van der Waals surface area contributed by atoms with Crippen molar-refractivity contribution in [1.82, 2.24) is 15.0 Å². The van der Waals surface area contributed by atoms with Gasteiger partial charge in [-0.25, -0.2) is 8.42 Å². The number of likely N-dealkylation sites (tertiary alicyclic amines) is 1. The first-order valence-electron chi connectivity index (χ1n) is 10.2. The minimum Gasteiger partial charge on any atom is -0.497 e. The minimum atomic E-state index is -4.77. The number of benzene rings is 2. The highest BCUT2D eigenvalue weighted by atomic mass is 32.2. The lowest BCUT2D eigenvalue weighted by Crippen LogP contribution is -2.32. The number of carbonyl (C=O) groups excluding carboxylic acids is 1. The molecular weight excluding hydrogens is 475 g/mol. The molecule has 0 aliphatic carbocycles. The number of aromatic nitrogens is 2. The Labute approximate surface area is 193 Å². The molecule has 1 aliphatic heterocycles. The third-order valence-electron chi connectivity index (χ3n) is 5.56. The molecule has 1 aliphatic rings. The van der Waals surface area contributed by atoms with Gasteiger partial charge in [-0.2, -0.15) is 18.2 Å². The molecule has 0 spiro atoms. The van der Waals surface area contributed by atoms with Gasteiger partial charge in [0.15, 0.2) is 9.84 Å². The first kappa shape index (κ1) is 23.7. The standard InChI is InChI=1S/C22H20F3N3O5S/c1-32-16-6-2-14(3-7-16)12-19(29)28-11-10-18(13-28)34(30,31)17-8-4-15(5-9-17)20-26-21(33-27-20)22(23,24)25/h2-9,18H,10-13H2,1H3/t18-/m1/s1. The molecule has 1 atom stereocenters. The number of alkyl halides is 3. The van der Waals surface area contributed by atoms with Crippen molar-refractivity contribution < 1.29 is 35.6 Å². The summed E-state index contributed by atoms with van der Waals surface area (Å²) in [6, 6.07) is 12.3. The fourth-order valence-electron chi connectivity index (χ4n) is 3.68. The topological polar surface area (TPSA) is 103 Å². The van der Waals surface area contributed by atoms with E-state index in [4.69, 9.17) is 4.74 Å². The van der Waals surface area contributed by atoms with Crippen molar-refractivity contribution in [2.75, 3.05) is 20.2 Å². The van der Waals surface area contributed by atoms with Crippen molar-refractivity contribution in [3.05, 3.63) is 60.0 Å². The van der Waals surface area contributed by atoms with Gasteiger partial charge >= 0.3 is 12.1 Å². The van der Waals surface area contributed by atoms with Crippen molar-refractivity contribution >= 4 is 15.7 Å². The van der Waals surface area contributed by atoms with Gasteiger partial charge in [0.1, 0.15) is 5.75 Å². The van der Waals surface area contributed by atoms with E-state index >= 15 is 0 Å². The average molecular weight is 495 g/mol. The summed E-state index contributed by atoms with van der Waals surface area (Å²) in [5.74, 6) is -1.28. The number of carbonyl (C=O) groups is 1. The minimum absolute atomic E-state index is 0.00485. The predicted molar refractivity (Wildman–Crippen MR) is 114 cm³/mol. The van der Waals surface area contributed by atoms with Crippen molar-refractivity contribution in [1.29, 1.82) is 0 Å². The molecule has 0 unspecified atom stereocenters. The van der Waals surface area contributed by atoms with Crippen molar-refractivity contribution in [2.45, 2.75) is 29.2 Å². The molecule has 180 valence electrons. The van der Waals surface area contributed by atoms with Crippen LogP contribution in [0.25, 0.3) is 11.4 Å². The van der Waals surface area contributed by atoms with Crippen LogP contribution in [0.3, 0.4) is 0 Å². The summed E-state index contributed by atoms with van der Waals surface area (Å²) in [4.78, 5) is 17.5. The molecular formula is C22H20F3N3O5S. The number of methoxy groups -OCH3 is 1. The largest absolute Gasteiger partial charge is 0.497 e. The zero-order chi connectivity index (χ0) is 24.5. The molecule has 4 rings (SSSR count). The van der Waals surface area contributed by atoms with Crippen LogP contribution in [0.4, 0.5) is 13.2 Å². The Morgan fingerprint density at radius 2 is 1.82 bits per heavy atom. The molecule has 3 aromatic rings. The number of sulfone groups is 1. The van der Waals surface area contributed by atoms with Gasteiger partial charge in [0.2, 0.25) is 11.7 Å². The quantitative estimate of drug-likeness (QED) is 0.517. The highest BCUT2D eigenvalue weighted by Gasteiger charge is 2.39. The Kier molecular flexibility index (Phi) is 6.34. The fraction of sp³-hybridized carbons (Fsp3) is 0.318. The molecule has 8 nitrogen and oxygen atoms in total. The highest BCUT2D eigenvalue weighted by Crippen LogP contribution is 2.30. The maximum absolute atomic E-state index is 13.1. The van der Waals surface area contributed by atoms with Crippen molar-refractivity contribution in [3.63, 3.8) is 0 Å². The van der Waals surface area contributed by atoms with Crippen molar-refractivity contribution in [2.24, 2.45) is 0 Å². The second-order valence-corrected chi connectivity index (χ2v) is 9.99. The molecule has 2 aromatic carbocycles. The Hall–Kier alpha value is -3.41. The van der Waals surface area contributed by atoms with Gasteiger partial charge in [-0.1, -0.05) is 17.3 Å². The second kappa shape index (κ2) is 9.09. The molecule has 1 saturated heterocycles. The third kappa shape index (κ3) is 4.91. The van der Waals surface area contributed by atoms with Gasteiger partial charge in [0, 0.05) is 18.7 Å².